The van der Waals surface area contributed by atoms with Crippen LogP contribution in [0, 0.1) is 0 Å². The molecule has 6 heteroatoms. The number of nitrogens with zero attached hydrogens (tertiary/aromatic N) is 2. The van der Waals surface area contributed by atoms with Crippen LogP contribution in [0.1, 0.15) is 42.3 Å². The number of piperidine rings is 1. The molecule has 1 aliphatic heterocycles. The smallest absolute Gasteiger partial charge is 0.277 e. The van der Waals surface area contributed by atoms with E-state index in [0.29, 0.717) is 12.5 Å². The van der Waals surface area contributed by atoms with Crippen LogP contribution in [0.2, 0.25) is 5.02 Å². The standard InChI is InChI=1S/C22H24ClN3OS/c1-15(16-6-4-8-18(23)12-16)24-13-21(27)26-11-5-7-17(14-26)22-25-19-9-2-3-10-20(19)28-22/h2-4,6,8-10,12,15,17,24H,5,7,11,13-14H2,1H3/p+1/t15-,17+/m0/s1. The van der Waals surface area contributed by atoms with Crippen molar-refractivity contribution in [1.82, 2.24) is 9.88 Å². The van der Waals surface area contributed by atoms with Crippen molar-refractivity contribution in [2.75, 3.05) is 19.6 Å². The molecule has 3 aromatic rings. The summed E-state index contributed by atoms with van der Waals surface area (Å²) < 4.78 is 1.23. The average Bonchev–Trinajstić information content (AvgIpc) is 3.16. The highest BCUT2D eigenvalue weighted by atomic mass is 35.5. The van der Waals surface area contributed by atoms with Crippen LogP contribution >= 0.6 is 22.9 Å². The normalized spacial score (nSPS) is 18.4. The van der Waals surface area contributed by atoms with Gasteiger partial charge in [-0.05, 0) is 44.0 Å². The molecule has 4 nitrogen and oxygen atoms in total. The maximum atomic E-state index is 12.8. The Bertz CT molecular complexity index is 940. The summed E-state index contributed by atoms with van der Waals surface area (Å²) in [4.78, 5) is 19.6. The lowest BCUT2D eigenvalue weighted by atomic mass is 9.98. The van der Waals surface area contributed by atoms with E-state index in [1.807, 2.05) is 29.2 Å². The second kappa shape index (κ2) is 8.60. The van der Waals surface area contributed by atoms with Crippen molar-refractivity contribution in [2.24, 2.45) is 0 Å². The second-order valence-corrected chi connectivity index (χ2v) is 8.98. The van der Waals surface area contributed by atoms with Crippen molar-refractivity contribution < 1.29 is 10.1 Å². The number of rotatable bonds is 5. The first-order valence-electron chi connectivity index (χ1n) is 9.82. The molecular formula is C22H25ClN3OS+. The van der Waals surface area contributed by atoms with Crippen LogP contribution in [0.3, 0.4) is 0 Å². The summed E-state index contributed by atoms with van der Waals surface area (Å²) in [6.45, 7) is 4.19. The third-order valence-corrected chi connectivity index (χ3v) is 6.89. The number of amides is 1. The topological polar surface area (TPSA) is 49.8 Å². The summed E-state index contributed by atoms with van der Waals surface area (Å²) in [6, 6.07) is 16.3. The van der Waals surface area contributed by atoms with Gasteiger partial charge in [0, 0.05) is 29.6 Å². The van der Waals surface area contributed by atoms with E-state index in [9.17, 15) is 4.79 Å². The number of carbonyl (C=O) groups excluding carboxylic acids is 1. The van der Waals surface area contributed by atoms with Gasteiger partial charge in [-0.2, -0.15) is 0 Å². The number of likely N-dealkylation sites (tertiary alicyclic amines) is 1. The van der Waals surface area contributed by atoms with Gasteiger partial charge in [0.2, 0.25) is 0 Å². The molecule has 2 atom stereocenters. The minimum absolute atomic E-state index is 0.201. The number of para-hydroxylation sites is 1. The Morgan fingerprint density at radius 3 is 3.00 bits per heavy atom. The van der Waals surface area contributed by atoms with Crippen molar-refractivity contribution >= 4 is 39.1 Å². The first-order valence-corrected chi connectivity index (χ1v) is 11.0. The van der Waals surface area contributed by atoms with Crippen LogP contribution in [0.15, 0.2) is 48.5 Å². The molecule has 0 unspecified atom stereocenters. The Hall–Kier alpha value is -1.95. The fourth-order valence-electron chi connectivity index (χ4n) is 3.80. The number of hydrogen-bond acceptors (Lipinski definition) is 3. The fourth-order valence-corrected chi connectivity index (χ4v) is 5.09. The zero-order valence-corrected chi connectivity index (χ0v) is 17.5. The lowest BCUT2D eigenvalue weighted by Gasteiger charge is -2.31. The minimum Gasteiger partial charge on any atom is -0.337 e. The molecule has 2 N–H and O–H groups in total. The zero-order valence-electron chi connectivity index (χ0n) is 16.0. The summed E-state index contributed by atoms with van der Waals surface area (Å²) >= 11 is 7.85. The van der Waals surface area contributed by atoms with Crippen molar-refractivity contribution in [1.29, 1.82) is 0 Å². The molecule has 146 valence electrons. The fraction of sp³-hybridized carbons (Fsp3) is 0.364. The number of benzene rings is 2. The maximum Gasteiger partial charge on any atom is 0.277 e. The Balaban J connectivity index is 1.36. The number of carbonyl (C=O) groups is 1. The highest BCUT2D eigenvalue weighted by Crippen LogP contribution is 2.32. The van der Waals surface area contributed by atoms with Crippen molar-refractivity contribution in [3.63, 3.8) is 0 Å². The molecule has 0 bridgehead atoms. The molecule has 1 fully saturated rings. The van der Waals surface area contributed by atoms with E-state index in [2.05, 4.69) is 36.5 Å². The number of fused-ring (bicyclic) bond motifs is 1. The zero-order chi connectivity index (χ0) is 19.5. The Morgan fingerprint density at radius 1 is 1.32 bits per heavy atom. The van der Waals surface area contributed by atoms with E-state index >= 15 is 0 Å². The Morgan fingerprint density at radius 2 is 2.18 bits per heavy atom. The predicted molar refractivity (Wildman–Crippen MR) is 115 cm³/mol. The molecule has 2 heterocycles. The first kappa shape index (κ1) is 19.4. The third kappa shape index (κ3) is 4.37. The number of nitrogens with two attached hydrogens (primary N) is 1. The summed E-state index contributed by atoms with van der Waals surface area (Å²) in [7, 11) is 0. The molecular weight excluding hydrogens is 390 g/mol. The van der Waals surface area contributed by atoms with Gasteiger partial charge >= 0.3 is 0 Å². The molecule has 4 rings (SSSR count). The van der Waals surface area contributed by atoms with Crippen molar-refractivity contribution in [3.05, 3.63) is 64.1 Å². The lowest BCUT2D eigenvalue weighted by molar-refractivity contribution is -0.683. The van der Waals surface area contributed by atoms with Crippen LogP contribution in [0.25, 0.3) is 10.2 Å². The molecule has 1 amide bonds. The second-order valence-electron chi connectivity index (χ2n) is 7.48. The molecule has 0 aliphatic carbocycles. The highest BCUT2D eigenvalue weighted by Gasteiger charge is 2.27. The van der Waals surface area contributed by atoms with Gasteiger partial charge in [0.15, 0.2) is 6.54 Å². The van der Waals surface area contributed by atoms with E-state index < -0.39 is 0 Å². The van der Waals surface area contributed by atoms with Gasteiger partial charge in [-0.1, -0.05) is 35.9 Å². The number of aromatic nitrogens is 1. The minimum atomic E-state index is 0.201. The molecule has 1 saturated heterocycles. The summed E-state index contributed by atoms with van der Waals surface area (Å²) in [6.07, 6.45) is 2.14. The van der Waals surface area contributed by atoms with E-state index in [1.54, 1.807) is 11.3 Å². The largest absolute Gasteiger partial charge is 0.337 e. The number of quaternary nitrogens is 1. The molecule has 0 saturated carbocycles. The quantitative estimate of drug-likeness (QED) is 0.686. The molecule has 1 aromatic heterocycles. The Kier molecular flexibility index (Phi) is 5.95. The monoisotopic (exact) mass is 414 g/mol. The number of hydrogen-bond donors (Lipinski definition) is 1. The lowest BCUT2D eigenvalue weighted by Crippen LogP contribution is -2.87. The van der Waals surface area contributed by atoms with Crippen LogP contribution in [-0.4, -0.2) is 35.4 Å². The van der Waals surface area contributed by atoms with Gasteiger partial charge < -0.3 is 10.2 Å². The van der Waals surface area contributed by atoms with Crippen LogP contribution in [0.4, 0.5) is 0 Å². The summed E-state index contributed by atoms with van der Waals surface area (Å²) in [5.74, 6) is 0.556. The van der Waals surface area contributed by atoms with Gasteiger partial charge in [-0.25, -0.2) is 4.98 Å². The molecule has 0 spiro atoms. The van der Waals surface area contributed by atoms with E-state index in [-0.39, 0.29) is 11.9 Å². The molecule has 28 heavy (non-hydrogen) atoms. The van der Waals surface area contributed by atoms with Crippen LogP contribution < -0.4 is 5.32 Å². The molecule has 2 aromatic carbocycles. The van der Waals surface area contributed by atoms with Gasteiger partial charge in [-0.15, -0.1) is 11.3 Å². The van der Waals surface area contributed by atoms with Crippen LogP contribution in [-0.2, 0) is 4.79 Å². The highest BCUT2D eigenvalue weighted by molar-refractivity contribution is 7.18. The van der Waals surface area contributed by atoms with Crippen LogP contribution in [0.5, 0.6) is 0 Å². The third-order valence-electron chi connectivity index (χ3n) is 5.45. The Labute approximate surface area is 174 Å². The van der Waals surface area contributed by atoms with E-state index in [4.69, 9.17) is 16.6 Å². The summed E-state index contributed by atoms with van der Waals surface area (Å²) in [5.41, 5.74) is 2.21. The summed E-state index contributed by atoms with van der Waals surface area (Å²) in [5, 5.41) is 3.99. The van der Waals surface area contributed by atoms with Crippen molar-refractivity contribution in [3.8, 4) is 0 Å². The van der Waals surface area contributed by atoms with E-state index in [1.165, 1.54) is 4.70 Å². The van der Waals surface area contributed by atoms with Gasteiger partial charge in [0.1, 0.15) is 6.04 Å². The van der Waals surface area contributed by atoms with Gasteiger partial charge in [0.05, 0.1) is 15.2 Å². The SMILES string of the molecule is C[C@H]([NH2+]CC(=O)N1CCC[C@@H](c2nc3ccccc3s2)C1)c1cccc(Cl)c1. The predicted octanol–water partition coefficient (Wildman–Crippen LogP) is 3.98. The van der Waals surface area contributed by atoms with Gasteiger partial charge in [0.25, 0.3) is 5.91 Å². The molecule has 0 radical (unpaired) electrons. The number of halogens is 1. The first-order chi connectivity index (χ1) is 13.6. The average molecular weight is 415 g/mol. The molecule has 1 aliphatic rings. The van der Waals surface area contributed by atoms with E-state index in [0.717, 1.165) is 47.0 Å². The maximum absolute atomic E-state index is 12.8. The van der Waals surface area contributed by atoms with Crippen molar-refractivity contribution in [2.45, 2.75) is 31.7 Å². The number of thiazole rings is 1. The van der Waals surface area contributed by atoms with Gasteiger partial charge in [-0.3, -0.25) is 4.79 Å².